The molecule has 4 heteroatoms. The van der Waals surface area contributed by atoms with Crippen LogP contribution in [0.2, 0.25) is 0 Å². The second-order valence-corrected chi connectivity index (χ2v) is 1.51. The SMILES string of the molecule is CCOSC(=O)O. The summed E-state index contributed by atoms with van der Waals surface area (Å²) in [5, 5.41) is 6.88. The molecule has 0 aromatic carbocycles. The molecule has 0 aliphatic heterocycles. The predicted molar refractivity (Wildman–Crippen MR) is 27.2 cm³/mol. The Morgan fingerprint density at radius 2 is 2.57 bits per heavy atom. The molecule has 0 fully saturated rings. The first-order chi connectivity index (χ1) is 3.27. The van der Waals surface area contributed by atoms with Gasteiger partial charge >= 0.3 is 5.30 Å². The lowest BCUT2D eigenvalue weighted by atomic mass is 10.9. The fourth-order valence-corrected chi connectivity index (χ4v) is 0.328. The van der Waals surface area contributed by atoms with E-state index in [0.717, 1.165) is 0 Å². The second kappa shape index (κ2) is 3.95. The Morgan fingerprint density at radius 1 is 2.00 bits per heavy atom. The van der Waals surface area contributed by atoms with Crippen molar-refractivity contribution < 1.29 is 14.1 Å². The van der Waals surface area contributed by atoms with E-state index in [2.05, 4.69) is 4.18 Å². The standard InChI is InChI=1S/C3H6O3S/c1-2-6-7-3(4)5/h2H2,1H3,(H,4,5). The van der Waals surface area contributed by atoms with Crippen LogP contribution in [0.25, 0.3) is 0 Å². The molecule has 0 saturated carbocycles. The van der Waals surface area contributed by atoms with Crippen molar-refractivity contribution in [3.05, 3.63) is 0 Å². The number of carbonyl (C=O) groups is 1. The Hall–Kier alpha value is -0.220. The monoisotopic (exact) mass is 122 g/mol. The van der Waals surface area contributed by atoms with E-state index < -0.39 is 5.30 Å². The van der Waals surface area contributed by atoms with Gasteiger partial charge in [-0.1, -0.05) is 0 Å². The van der Waals surface area contributed by atoms with Gasteiger partial charge in [0.15, 0.2) is 0 Å². The first-order valence-corrected chi connectivity index (χ1v) is 2.54. The summed E-state index contributed by atoms with van der Waals surface area (Å²) >= 11 is 0.448. The van der Waals surface area contributed by atoms with E-state index >= 15 is 0 Å². The number of carboxylic acid groups (broad SMARTS) is 1. The molecule has 0 saturated heterocycles. The lowest BCUT2D eigenvalue weighted by molar-refractivity contribution is 0.219. The molecule has 0 bridgehead atoms. The first-order valence-electron chi connectivity index (χ1n) is 1.79. The third kappa shape index (κ3) is 5.78. The Bertz CT molecular complexity index is 63.2. The summed E-state index contributed by atoms with van der Waals surface area (Å²) in [6, 6.07) is 0. The highest BCUT2D eigenvalue weighted by Gasteiger charge is 1.92. The predicted octanol–water partition coefficient (Wildman–Crippen LogP) is 1.35. The lowest BCUT2D eigenvalue weighted by Crippen LogP contribution is -1.85. The summed E-state index contributed by atoms with van der Waals surface area (Å²) < 4.78 is 4.41. The minimum Gasteiger partial charge on any atom is -0.472 e. The zero-order chi connectivity index (χ0) is 5.70. The lowest BCUT2D eigenvalue weighted by Gasteiger charge is -1.87. The molecule has 0 aliphatic rings. The van der Waals surface area contributed by atoms with Gasteiger partial charge in [0.1, 0.15) is 12.0 Å². The zero-order valence-electron chi connectivity index (χ0n) is 3.88. The Morgan fingerprint density at radius 3 is 2.71 bits per heavy atom. The van der Waals surface area contributed by atoms with Crippen LogP contribution in [-0.4, -0.2) is 17.0 Å². The fraction of sp³-hybridized carbons (Fsp3) is 0.667. The van der Waals surface area contributed by atoms with Crippen LogP contribution in [0.15, 0.2) is 0 Å². The van der Waals surface area contributed by atoms with Gasteiger partial charge < -0.3 is 9.29 Å². The largest absolute Gasteiger partial charge is 0.472 e. The molecule has 0 aromatic rings. The smallest absolute Gasteiger partial charge is 0.392 e. The normalized spacial score (nSPS) is 8.71. The molecule has 0 spiro atoms. The van der Waals surface area contributed by atoms with Crippen molar-refractivity contribution in [3.8, 4) is 0 Å². The zero-order valence-corrected chi connectivity index (χ0v) is 4.70. The maximum absolute atomic E-state index is 9.60. The van der Waals surface area contributed by atoms with Crippen LogP contribution >= 0.6 is 12.0 Å². The summed E-state index contributed by atoms with van der Waals surface area (Å²) in [6.45, 7) is 2.16. The van der Waals surface area contributed by atoms with E-state index in [-0.39, 0.29) is 0 Å². The van der Waals surface area contributed by atoms with E-state index in [9.17, 15) is 4.79 Å². The number of rotatable bonds is 2. The van der Waals surface area contributed by atoms with Crippen LogP contribution in [0.3, 0.4) is 0 Å². The minimum absolute atomic E-state index is 0.428. The van der Waals surface area contributed by atoms with Gasteiger partial charge in [-0.15, -0.1) is 0 Å². The van der Waals surface area contributed by atoms with Gasteiger partial charge in [0.25, 0.3) is 0 Å². The van der Waals surface area contributed by atoms with Gasteiger partial charge in [0.2, 0.25) is 0 Å². The summed E-state index contributed by atoms with van der Waals surface area (Å²) in [5.74, 6) is 0. The van der Waals surface area contributed by atoms with E-state index in [1.165, 1.54) is 0 Å². The van der Waals surface area contributed by atoms with Crippen molar-refractivity contribution in [1.29, 1.82) is 0 Å². The van der Waals surface area contributed by atoms with Crippen molar-refractivity contribution in [3.63, 3.8) is 0 Å². The van der Waals surface area contributed by atoms with E-state index in [4.69, 9.17) is 5.11 Å². The van der Waals surface area contributed by atoms with Crippen molar-refractivity contribution in [1.82, 2.24) is 0 Å². The highest BCUT2D eigenvalue weighted by atomic mass is 32.2. The molecular formula is C3H6O3S. The molecule has 3 nitrogen and oxygen atoms in total. The van der Waals surface area contributed by atoms with Gasteiger partial charge in [-0.2, -0.15) is 0 Å². The number of hydrogen-bond acceptors (Lipinski definition) is 3. The highest BCUT2D eigenvalue weighted by molar-refractivity contribution is 8.09. The average Bonchev–Trinajstić information content (AvgIpc) is 1.61. The van der Waals surface area contributed by atoms with Gasteiger partial charge in [0.05, 0.1) is 6.61 Å². The fourth-order valence-electron chi connectivity index (χ4n) is 0.109. The van der Waals surface area contributed by atoms with Crippen LogP contribution in [-0.2, 0) is 4.18 Å². The topological polar surface area (TPSA) is 46.5 Å². The summed E-state index contributed by atoms with van der Waals surface area (Å²) in [5.41, 5.74) is 0. The molecule has 0 aliphatic carbocycles. The molecule has 0 aromatic heterocycles. The van der Waals surface area contributed by atoms with E-state index in [1.807, 2.05) is 0 Å². The van der Waals surface area contributed by atoms with Crippen molar-refractivity contribution in [2.45, 2.75) is 6.92 Å². The van der Waals surface area contributed by atoms with Crippen LogP contribution in [0.4, 0.5) is 4.79 Å². The molecule has 0 radical (unpaired) electrons. The molecule has 0 heterocycles. The van der Waals surface area contributed by atoms with Crippen LogP contribution in [0, 0.1) is 0 Å². The maximum Gasteiger partial charge on any atom is 0.392 e. The molecule has 0 unspecified atom stereocenters. The Balaban J connectivity index is 2.82. The molecule has 7 heavy (non-hydrogen) atoms. The van der Waals surface area contributed by atoms with Crippen LogP contribution < -0.4 is 0 Å². The molecule has 42 valence electrons. The van der Waals surface area contributed by atoms with Gasteiger partial charge in [-0.05, 0) is 6.92 Å². The van der Waals surface area contributed by atoms with Crippen LogP contribution in [0.5, 0.6) is 0 Å². The third-order valence-corrected chi connectivity index (χ3v) is 0.744. The van der Waals surface area contributed by atoms with Gasteiger partial charge in [0, 0.05) is 0 Å². The summed E-state index contributed by atoms with van der Waals surface area (Å²) in [6.07, 6.45) is 0. The van der Waals surface area contributed by atoms with Gasteiger partial charge in [-0.25, -0.2) is 4.79 Å². The Labute approximate surface area is 45.9 Å². The quantitative estimate of drug-likeness (QED) is 0.561. The van der Waals surface area contributed by atoms with E-state index in [1.54, 1.807) is 6.92 Å². The Kier molecular flexibility index (Phi) is 3.83. The molecular weight excluding hydrogens is 116 g/mol. The maximum atomic E-state index is 9.60. The van der Waals surface area contributed by atoms with Gasteiger partial charge in [-0.3, -0.25) is 0 Å². The van der Waals surface area contributed by atoms with Crippen molar-refractivity contribution in [2.75, 3.05) is 6.61 Å². The van der Waals surface area contributed by atoms with Crippen molar-refractivity contribution >= 4 is 17.3 Å². The van der Waals surface area contributed by atoms with E-state index in [0.29, 0.717) is 18.6 Å². The minimum atomic E-state index is -0.998. The average molecular weight is 122 g/mol. The van der Waals surface area contributed by atoms with Crippen LogP contribution in [0.1, 0.15) is 6.92 Å². The summed E-state index contributed by atoms with van der Waals surface area (Å²) in [4.78, 5) is 9.60. The molecule has 0 amide bonds. The molecule has 1 N–H and O–H groups in total. The first kappa shape index (κ1) is 6.78. The summed E-state index contributed by atoms with van der Waals surface area (Å²) in [7, 11) is 0. The molecule has 0 rings (SSSR count). The second-order valence-electron chi connectivity index (χ2n) is 0.756. The molecule has 0 atom stereocenters. The van der Waals surface area contributed by atoms with Crippen molar-refractivity contribution in [2.24, 2.45) is 0 Å². The third-order valence-electron chi connectivity index (χ3n) is 0.248. The highest BCUT2D eigenvalue weighted by Crippen LogP contribution is 2.00. The number of hydrogen-bond donors (Lipinski definition) is 1.